The van der Waals surface area contributed by atoms with E-state index < -0.39 is 0 Å². The molecule has 0 amide bonds. The molecule has 1 aliphatic rings. The minimum absolute atomic E-state index is 0. The number of hydrogen-bond acceptors (Lipinski definition) is 4. The fourth-order valence-corrected chi connectivity index (χ4v) is 3.55. The zero-order chi connectivity index (χ0) is 21.2. The first-order chi connectivity index (χ1) is 14.7. The lowest BCUT2D eigenvalue weighted by molar-refractivity contribution is 0.270. The van der Waals surface area contributed by atoms with Crippen LogP contribution in [0.4, 0.5) is 10.2 Å². The number of likely N-dealkylation sites (N-methyl/N-ethyl adjacent to an activating group) is 1. The molecular formula is C23H34FIN6. The highest BCUT2D eigenvalue weighted by molar-refractivity contribution is 14.0. The van der Waals surface area contributed by atoms with Crippen LogP contribution >= 0.6 is 24.0 Å². The molecule has 0 bridgehead atoms. The molecule has 31 heavy (non-hydrogen) atoms. The van der Waals surface area contributed by atoms with E-state index in [1.807, 2.05) is 31.3 Å². The molecule has 1 aromatic carbocycles. The zero-order valence-corrected chi connectivity index (χ0v) is 20.8. The second-order valence-corrected chi connectivity index (χ2v) is 7.41. The maximum absolute atomic E-state index is 13.8. The monoisotopic (exact) mass is 540 g/mol. The van der Waals surface area contributed by atoms with E-state index >= 15 is 0 Å². The van der Waals surface area contributed by atoms with Crippen molar-refractivity contribution >= 4 is 35.8 Å². The number of aromatic nitrogens is 1. The van der Waals surface area contributed by atoms with Crippen molar-refractivity contribution in [2.24, 2.45) is 4.99 Å². The van der Waals surface area contributed by atoms with Gasteiger partial charge in [0, 0.05) is 45.5 Å². The van der Waals surface area contributed by atoms with Crippen LogP contribution in [0.1, 0.15) is 25.0 Å². The minimum Gasteiger partial charge on any atom is -0.357 e. The van der Waals surface area contributed by atoms with Crippen molar-refractivity contribution in [1.29, 1.82) is 0 Å². The average Bonchev–Trinajstić information content (AvgIpc) is 2.79. The molecule has 170 valence electrons. The van der Waals surface area contributed by atoms with E-state index in [0.29, 0.717) is 25.1 Å². The Kier molecular flexibility index (Phi) is 11.0. The lowest BCUT2D eigenvalue weighted by Gasteiger charge is -2.34. The van der Waals surface area contributed by atoms with Crippen molar-refractivity contribution in [1.82, 2.24) is 20.5 Å². The van der Waals surface area contributed by atoms with E-state index in [2.05, 4.69) is 38.4 Å². The number of benzene rings is 1. The molecule has 3 rings (SSSR count). The molecule has 2 heterocycles. The van der Waals surface area contributed by atoms with Crippen LogP contribution in [0.2, 0.25) is 0 Å². The Hall–Kier alpha value is -1.94. The van der Waals surface area contributed by atoms with E-state index in [-0.39, 0.29) is 29.8 Å². The summed E-state index contributed by atoms with van der Waals surface area (Å²) in [5.74, 6) is 1.60. The Labute approximate surface area is 202 Å². The quantitative estimate of drug-likeness (QED) is 0.306. The number of pyridine rings is 1. The van der Waals surface area contributed by atoms with E-state index in [1.54, 1.807) is 6.07 Å². The molecule has 0 radical (unpaired) electrons. The van der Waals surface area contributed by atoms with Crippen LogP contribution in [0.15, 0.2) is 47.6 Å². The Bertz CT molecular complexity index is 823. The van der Waals surface area contributed by atoms with Crippen LogP contribution in [0.5, 0.6) is 0 Å². The number of piperazine rings is 1. The van der Waals surface area contributed by atoms with E-state index in [9.17, 15) is 4.39 Å². The third-order valence-corrected chi connectivity index (χ3v) is 5.36. The lowest BCUT2D eigenvalue weighted by atomic mass is 10.1. The predicted octanol–water partition coefficient (Wildman–Crippen LogP) is 3.28. The standard InChI is InChI=1S/C23H33FN6.HI/c1-3-25-23(27-12-10-20-7-5-6-8-21(20)24)28-18-19-9-11-26-22(17-19)30-15-13-29(4-2)14-16-30;/h5-9,11,17H,3-4,10,12-16,18H2,1-2H3,(H2,25,27,28);1H. The summed E-state index contributed by atoms with van der Waals surface area (Å²) < 4.78 is 13.8. The van der Waals surface area contributed by atoms with Gasteiger partial charge < -0.3 is 20.4 Å². The summed E-state index contributed by atoms with van der Waals surface area (Å²) in [4.78, 5) is 14.1. The molecule has 1 aliphatic heterocycles. The Morgan fingerprint density at radius 2 is 1.87 bits per heavy atom. The van der Waals surface area contributed by atoms with E-state index in [4.69, 9.17) is 4.99 Å². The maximum atomic E-state index is 13.8. The second-order valence-electron chi connectivity index (χ2n) is 7.41. The van der Waals surface area contributed by atoms with Gasteiger partial charge in [0.15, 0.2) is 5.96 Å². The van der Waals surface area contributed by atoms with Gasteiger partial charge in [0.25, 0.3) is 0 Å². The summed E-state index contributed by atoms with van der Waals surface area (Å²) in [5, 5.41) is 6.55. The normalized spacial score (nSPS) is 14.8. The third kappa shape index (κ3) is 7.92. The molecule has 2 aromatic rings. The molecule has 2 N–H and O–H groups in total. The Morgan fingerprint density at radius 1 is 1.10 bits per heavy atom. The van der Waals surface area contributed by atoms with E-state index in [0.717, 1.165) is 56.6 Å². The summed E-state index contributed by atoms with van der Waals surface area (Å²) in [5.41, 5.74) is 1.84. The first kappa shape index (κ1) is 25.3. The van der Waals surface area contributed by atoms with Gasteiger partial charge in [0.1, 0.15) is 11.6 Å². The van der Waals surface area contributed by atoms with Gasteiger partial charge in [0.2, 0.25) is 0 Å². The molecule has 8 heteroatoms. The number of anilines is 1. The van der Waals surface area contributed by atoms with Crippen molar-refractivity contribution in [2.75, 3.05) is 50.7 Å². The summed E-state index contributed by atoms with van der Waals surface area (Å²) in [6.45, 7) is 11.5. The summed E-state index contributed by atoms with van der Waals surface area (Å²) in [6, 6.07) is 11.0. The molecule has 0 atom stereocenters. The van der Waals surface area contributed by atoms with Crippen LogP contribution in [-0.4, -0.2) is 61.7 Å². The minimum atomic E-state index is -0.162. The third-order valence-electron chi connectivity index (χ3n) is 5.36. The molecular weight excluding hydrogens is 506 g/mol. The van der Waals surface area contributed by atoms with Crippen molar-refractivity contribution in [3.8, 4) is 0 Å². The molecule has 0 saturated carbocycles. The van der Waals surface area contributed by atoms with Gasteiger partial charge in [-0.1, -0.05) is 25.1 Å². The number of guanidine groups is 1. The van der Waals surface area contributed by atoms with Gasteiger partial charge in [-0.3, -0.25) is 0 Å². The zero-order valence-electron chi connectivity index (χ0n) is 18.5. The SMILES string of the molecule is CCNC(=NCc1ccnc(N2CCN(CC)CC2)c1)NCCc1ccccc1F.I. The van der Waals surface area contributed by atoms with Gasteiger partial charge >= 0.3 is 0 Å². The van der Waals surface area contributed by atoms with Crippen LogP contribution in [0.3, 0.4) is 0 Å². The van der Waals surface area contributed by atoms with Crippen molar-refractivity contribution < 1.29 is 4.39 Å². The summed E-state index contributed by atoms with van der Waals surface area (Å²) >= 11 is 0. The van der Waals surface area contributed by atoms with E-state index in [1.165, 1.54) is 6.07 Å². The van der Waals surface area contributed by atoms with Crippen LogP contribution in [0, 0.1) is 5.82 Å². The summed E-state index contributed by atoms with van der Waals surface area (Å²) in [6.07, 6.45) is 2.48. The number of nitrogens with one attached hydrogen (secondary N) is 2. The summed E-state index contributed by atoms with van der Waals surface area (Å²) in [7, 11) is 0. The van der Waals surface area contributed by atoms with Crippen molar-refractivity contribution in [3.63, 3.8) is 0 Å². The Morgan fingerprint density at radius 3 is 2.58 bits per heavy atom. The molecule has 1 fully saturated rings. The highest BCUT2D eigenvalue weighted by atomic mass is 127. The number of nitrogens with zero attached hydrogens (tertiary/aromatic N) is 4. The highest BCUT2D eigenvalue weighted by Crippen LogP contribution is 2.15. The molecule has 6 nitrogen and oxygen atoms in total. The van der Waals surface area contributed by atoms with Crippen molar-refractivity contribution in [2.45, 2.75) is 26.8 Å². The second kappa shape index (κ2) is 13.5. The molecule has 1 saturated heterocycles. The predicted molar refractivity (Wildman–Crippen MR) is 137 cm³/mol. The van der Waals surface area contributed by atoms with Gasteiger partial charge in [0.05, 0.1) is 6.54 Å². The van der Waals surface area contributed by atoms with Crippen LogP contribution in [0.25, 0.3) is 0 Å². The molecule has 0 aliphatic carbocycles. The van der Waals surface area contributed by atoms with Gasteiger partial charge in [-0.2, -0.15) is 0 Å². The molecule has 1 aromatic heterocycles. The highest BCUT2D eigenvalue weighted by Gasteiger charge is 2.16. The lowest BCUT2D eigenvalue weighted by Crippen LogP contribution is -2.46. The maximum Gasteiger partial charge on any atom is 0.191 e. The first-order valence-electron chi connectivity index (χ1n) is 10.9. The number of hydrogen-bond donors (Lipinski definition) is 2. The number of aliphatic imine (C=N–C) groups is 1. The van der Waals surface area contributed by atoms with Gasteiger partial charge in [-0.25, -0.2) is 14.4 Å². The number of rotatable bonds is 8. The average molecular weight is 540 g/mol. The topological polar surface area (TPSA) is 55.8 Å². The first-order valence-corrected chi connectivity index (χ1v) is 10.9. The molecule has 0 unspecified atom stereocenters. The number of halogens is 2. The Balaban J connectivity index is 0.00000341. The molecule has 0 spiro atoms. The van der Waals surface area contributed by atoms with Crippen LogP contribution < -0.4 is 15.5 Å². The van der Waals surface area contributed by atoms with Gasteiger partial charge in [-0.05, 0) is 49.2 Å². The van der Waals surface area contributed by atoms with Crippen LogP contribution in [-0.2, 0) is 13.0 Å². The fourth-order valence-electron chi connectivity index (χ4n) is 3.55. The largest absolute Gasteiger partial charge is 0.357 e. The fraction of sp³-hybridized carbons (Fsp3) is 0.478. The smallest absolute Gasteiger partial charge is 0.191 e. The van der Waals surface area contributed by atoms with Crippen molar-refractivity contribution in [3.05, 3.63) is 59.5 Å². The van der Waals surface area contributed by atoms with Gasteiger partial charge in [-0.15, -0.1) is 24.0 Å².